The molecule has 5 nitrogen and oxygen atoms in total. The summed E-state index contributed by atoms with van der Waals surface area (Å²) in [6, 6.07) is 9.56. The van der Waals surface area contributed by atoms with Crippen LogP contribution in [0.1, 0.15) is 4.88 Å². The van der Waals surface area contributed by atoms with E-state index in [0.717, 1.165) is 6.42 Å². The molecule has 1 aromatic carbocycles. The second-order valence-corrected chi connectivity index (χ2v) is 6.54. The molecule has 1 aromatic heterocycles. The van der Waals surface area contributed by atoms with Gasteiger partial charge in [-0.3, -0.25) is 9.69 Å². The lowest BCUT2D eigenvalue weighted by molar-refractivity contribution is -0.121. The highest BCUT2D eigenvalue weighted by molar-refractivity contribution is 7.09. The Kier molecular flexibility index (Phi) is 5.10. The first-order valence-electron chi connectivity index (χ1n) is 7.74. The Labute approximate surface area is 143 Å². The van der Waals surface area contributed by atoms with Crippen LogP contribution in [0.15, 0.2) is 41.8 Å². The molecule has 2 aromatic rings. The fraction of sp³-hybridized carbons (Fsp3) is 0.294. The van der Waals surface area contributed by atoms with Crippen molar-refractivity contribution in [2.24, 2.45) is 0 Å². The number of anilines is 1. The molecule has 1 fully saturated rings. The first kappa shape index (κ1) is 16.4. The summed E-state index contributed by atoms with van der Waals surface area (Å²) < 4.78 is 13.0. The minimum absolute atomic E-state index is 0.0426. The predicted octanol–water partition coefficient (Wildman–Crippen LogP) is 2.49. The van der Waals surface area contributed by atoms with Crippen LogP contribution >= 0.6 is 11.3 Å². The number of amides is 3. The van der Waals surface area contributed by atoms with E-state index < -0.39 is 0 Å². The van der Waals surface area contributed by atoms with Crippen LogP contribution in [-0.4, -0.2) is 43.0 Å². The number of carbonyl (C=O) groups is 2. The number of thiophene rings is 1. The summed E-state index contributed by atoms with van der Waals surface area (Å²) in [6.07, 6.45) is 0.791. The zero-order valence-corrected chi connectivity index (χ0v) is 13.9. The Morgan fingerprint density at radius 1 is 1.21 bits per heavy atom. The van der Waals surface area contributed by atoms with Gasteiger partial charge in [-0.1, -0.05) is 6.07 Å². The zero-order valence-electron chi connectivity index (χ0n) is 13.1. The van der Waals surface area contributed by atoms with Gasteiger partial charge in [0, 0.05) is 30.2 Å². The van der Waals surface area contributed by atoms with Crippen LogP contribution in [0.2, 0.25) is 0 Å². The zero-order chi connectivity index (χ0) is 16.9. The highest BCUT2D eigenvalue weighted by Crippen LogP contribution is 2.20. The number of nitrogens with zero attached hydrogens (tertiary/aromatic N) is 2. The molecule has 0 unspecified atom stereocenters. The molecule has 0 saturated carbocycles. The summed E-state index contributed by atoms with van der Waals surface area (Å²) in [5.74, 6) is -0.506. The van der Waals surface area contributed by atoms with E-state index in [2.05, 4.69) is 5.32 Å². The lowest BCUT2D eigenvalue weighted by Gasteiger charge is -2.18. The lowest BCUT2D eigenvalue weighted by atomic mass is 10.3. The number of rotatable bonds is 6. The van der Waals surface area contributed by atoms with Crippen molar-refractivity contribution in [2.75, 3.05) is 31.1 Å². The monoisotopic (exact) mass is 347 g/mol. The van der Waals surface area contributed by atoms with Gasteiger partial charge in [0.2, 0.25) is 5.91 Å². The van der Waals surface area contributed by atoms with Crippen molar-refractivity contribution in [1.82, 2.24) is 10.2 Å². The van der Waals surface area contributed by atoms with E-state index in [1.165, 1.54) is 21.9 Å². The normalized spacial score (nSPS) is 14.3. The van der Waals surface area contributed by atoms with E-state index >= 15 is 0 Å². The van der Waals surface area contributed by atoms with Gasteiger partial charge in [-0.25, -0.2) is 9.18 Å². The van der Waals surface area contributed by atoms with Crippen LogP contribution in [0.3, 0.4) is 0 Å². The Balaban J connectivity index is 1.48. The third-order valence-corrected chi connectivity index (χ3v) is 4.78. The van der Waals surface area contributed by atoms with Gasteiger partial charge in [0.1, 0.15) is 12.4 Å². The van der Waals surface area contributed by atoms with Gasteiger partial charge in [0.15, 0.2) is 0 Å². The molecule has 0 bridgehead atoms. The molecule has 3 rings (SSSR count). The molecule has 0 aliphatic carbocycles. The van der Waals surface area contributed by atoms with Crippen LogP contribution in [0.5, 0.6) is 0 Å². The minimum atomic E-state index is -0.340. The van der Waals surface area contributed by atoms with E-state index in [-0.39, 0.29) is 24.3 Å². The lowest BCUT2D eigenvalue weighted by Crippen LogP contribution is -2.40. The van der Waals surface area contributed by atoms with E-state index in [0.29, 0.717) is 25.3 Å². The number of nitrogens with one attached hydrogen (secondary N) is 1. The van der Waals surface area contributed by atoms with E-state index in [1.807, 2.05) is 17.5 Å². The van der Waals surface area contributed by atoms with Crippen LogP contribution in [0.4, 0.5) is 14.9 Å². The molecule has 1 aliphatic rings. The standard InChI is InChI=1S/C17H18FN3O2S/c18-13-3-5-14(6-4-13)21-10-9-20(17(21)23)12-16(22)19-8-7-15-2-1-11-24-15/h1-6,11H,7-10,12H2,(H,19,22). The van der Waals surface area contributed by atoms with E-state index in [9.17, 15) is 14.0 Å². The van der Waals surface area contributed by atoms with Gasteiger partial charge >= 0.3 is 6.03 Å². The fourth-order valence-electron chi connectivity index (χ4n) is 2.60. The number of urea groups is 1. The fourth-order valence-corrected chi connectivity index (χ4v) is 3.31. The number of hydrogen-bond acceptors (Lipinski definition) is 3. The predicted molar refractivity (Wildman–Crippen MR) is 91.7 cm³/mol. The Morgan fingerprint density at radius 3 is 2.71 bits per heavy atom. The molecule has 3 amide bonds. The summed E-state index contributed by atoms with van der Waals surface area (Å²) in [7, 11) is 0. The summed E-state index contributed by atoms with van der Waals surface area (Å²) in [6.45, 7) is 1.57. The quantitative estimate of drug-likeness (QED) is 0.873. The Hall–Kier alpha value is -2.41. The van der Waals surface area contributed by atoms with Crippen molar-refractivity contribution >= 4 is 29.0 Å². The van der Waals surface area contributed by atoms with Crippen LogP contribution in [0, 0.1) is 5.82 Å². The maximum atomic E-state index is 13.0. The first-order valence-corrected chi connectivity index (χ1v) is 8.62. The summed E-state index contributed by atoms with van der Waals surface area (Å²) in [5, 5.41) is 4.84. The summed E-state index contributed by atoms with van der Waals surface area (Å²) in [5.41, 5.74) is 0.641. The van der Waals surface area contributed by atoms with Crippen molar-refractivity contribution in [3.05, 3.63) is 52.5 Å². The molecular weight excluding hydrogens is 329 g/mol. The SMILES string of the molecule is O=C(CN1CCN(c2ccc(F)cc2)C1=O)NCCc1cccs1. The third kappa shape index (κ3) is 3.91. The average molecular weight is 347 g/mol. The maximum absolute atomic E-state index is 13.0. The Morgan fingerprint density at radius 2 is 2.00 bits per heavy atom. The molecule has 1 aliphatic heterocycles. The van der Waals surface area contributed by atoms with Gasteiger partial charge in [-0.15, -0.1) is 11.3 Å². The number of halogens is 1. The van der Waals surface area contributed by atoms with Crippen molar-refractivity contribution in [2.45, 2.75) is 6.42 Å². The van der Waals surface area contributed by atoms with Crippen molar-refractivity contribution in [1.29, 1.82) is 0 Å². The summed E-state index contributed by atoms with van der Waals surface area (Å²) >= 11 is 1.66. The smallest absolute Gasteiger partial charge is 0.325 e. The van der Waals surface area contributed by atoms with E-state index in [4.69, 9.17) is 0 Å². The number of carbonyl (C=O) groups excluding carboxylic acids is 2. The van der Waals surface area contributed by atoms with Gasteiger partial charge in [-0.05, 0) is 42.1 Å². The highest BCUT2D eigenvalue weighted by Gasteiger charge is 2.30. The molecule has 126 valence electrons. The molecule has 0 radical (unpaired) electrons. The highest BCUT2D eigenvalue weighted by atomic mass is 32.1. The molecular formula is C17H18FN3O2S. The largest absolute Gasteiger partial charge is 0.354 e. The first-order chi connectivity index (χ1) is 11.6. The molecule has 1 saturated heterocycles. The Bertz CT molecular complexity index is 703. The minimum Gasteiger partial charge on any atom is -0.354 e. The molecule has 0 atom stereocenters. The molecule has 0 spiro atoms. The third-order valence-electron chi connectivity index (χ3n) is 3.84. The van der Waals surface area contributed by atoms with Crippen LogP contribution in [0.25, 0.3) is 0 Å². The second-order valence-electron chi connectivity index (χ2n) is 5.51. The number of benzene rings is 1. The number of hydrogen-bond donors (Lipinski definition) is 1. The molecule has 1 N–H and O–H groups in total. The molecule has 24 heavy (non-hydrogen) atoms. The van der Waals surface area contributed by atoms with E-state index in [1.54, 1.807) is 28.4 Å². The van der Waals surface area contributed by atoms with Gasteiger partial charge in [0.05, 0.1) is 0 Å². The van der Waals surface area contributed by atoms with Crippen molar-refractivity contribution < 1.29 is 14.0 Å². The molecule has 7 heteroatoms. The van der Waals surface area contributed by atoms with Crippen molar-refractivity contribution in [3.63, 3.8) is 0 Å². The topological polar surface area (TPSA) is 52.7 Å². The summed E-state index contributed by atoms with van der Waals surface area (Å²) in [4.78, 5) is 28.6. The van der Waals surface area contributed by atoms with Crippen LogP contribution in [-0.2, 0) is 11.2 Å². The maximum Gasteiger partial charge on any atom is 0.325 e. The van der Waals surface area contributed by atoms with Crippen LogP contribution < -0.4 is 10.2 Å². The average Bonchev–Trinajstić information content (AvgIpc) is 3.20. The van der Waals surface area contributed by atoms with Gasteiger partial charge < -0.3 is 10.2 Å². The second kappa shape index (κ2) is 7.44. The van der Waals surface area contributed by atoms with Gasteiger partial charge in [0.25, 0.3) is 0 Å². The van der Waals surface area contributed by atoms with Gasteiger partial charge in [-0.2, -0.15) is 0 Å². The molecule has 2 heterocycles. The van der Waals surface area contributed by atoms with Crippen molar-refractivity contribution in [3.8, 4) is 0 Å².